The highest BCUT2D eigenvalue weighted by atomic mass is 35.5. The van der Waals surface area contributed by atoms with Gasteiger partial charge in [0.15, 0.2) is 5.16 Å². The predicted molar refractivity (Wildman–Crippen MR) is 123 cm³/mol. The second kappa shape index (κ2) is 8.77. The third-order valence-electron chi connectivity index (χ3n) is 5.13. The molecule has 1 aliphatic rings. The van der Waals surface area contributed by atoms with E-state index in [9.17, 15) is 9.59 Å². The van der Waals surface area contributed by atoms with Crippen LogP contribution in [0.15, 0.2) is 66.0 Å². The summed E-state index contributed by atoms with van der Waals surface area (Å²) in [5.74, 6) is 0.355. The molecule has 1 N–H and O–H groups in total. The molecule has 0 atom stereocenters. The third kappa shape index (κ3) is 4.62. The number of nitrogens with zero attached hydrogens (tertiary/aromatic N) is 3. The Kier molecular flexibility index (Phi) is 6.07. The second-order valence-corrected chi connectivity index (χ2v) is 9.36. The van der Waals surface area contributed by atoms with Crippen molar-refractivity contribution in [3.05, 3.63) is 71.4 Å². The molecule has 31 heavy (non-hydrogen) atoms. The first-order valence-electron chi connectivity index (χ1n) is 9.97. The summed E-state index contributed by atoms with van der Waals surface area (Å²) in [6.07, 6.45) is 1.85. The van der Waals surface area contributed by atoms with Gasteiger partial charge in [-0.15, -0.1) is 0 Å². The van der Waals surface area contributed by atoms with Crippen LogP contribution in [0, 0.1) is 0 Å². The van der Waals surface area contributed by atoms with Gasteiger partial charge in [-0.2, -0.15) is 0 Å². The van der Waals surface area contributed by atoms with E-state index in [0.717, 1.165) is 22.0 Å². The van der Waals surface area contributed by atoms with E-state index in [0.29, 0.717) is 23.9 Å². The van der Waals surface area contributed by atoms with Crippen LogP contribution in [0.5, 0.6) is 0 Å². The SMILES string of the molecule is CC1(C)NC(=O)N(CCSc2ncc(-c3ccc(Cl)cc3)n2Cc2ccccc2)C1=O. The number of halogens is 1. The highest BCUT2D eigenvalue weighted by molar-refractivity contribution is 7.99. The Bertz CT molecular complexity index is 1100. The summed E-state index contributed by atoms with van der Waals surface area (Å²) in [5.41, 5.74) is 2.32. The van der Waals surface area contributed by atoms with Crippen molar-refractivity contribution in [1.29, 1.82) is 0 Å². The number of carbonyl (C=O) groups is 2. The lowest BCUT2D eigenvalue weighted by Gasteiger charge is -2.16. The lowest BCUT2D eigenvalue weighted by atomic mass is 10.1. The number of amides is 3. The van der Waals surface area contributed by atoms with Crippen molar-refractivity contribution in [2.24, 2.45) is 0 Å². The molecule has 0 saturated carbocycles. The van der Waals surface area contributed by atoms with Gasteiger partial charge in [0.05, 0.1) is 18.4 Å². The smallest absolute Gasteiger partial charge is 0.324 e. The fourth-order valence-corrected chi connectivity index (χ4v) is 4.52. The van der Waals surface area contributed by atoms with Gasteiger partial charge in [-0.05, 0) is 37.1 Å². The van der Waals surface area contributed by atoms with E-state index in [2.05, 4.69) is 27.0 Å². The Morgan fingerprint density at radius 1 is 1.06 bits per heavy atom. The third-order valence-corrected chi connectivity index (χ3v) is 6.36. The molecule has 1 saturated heterocycles. The van der Waals surface area contributed by atoms with Gasteiger partial charge >= 0.3 is 6.03 Å². The van der Waals surface area contributed by atoms with Crippen LogP contribution in [0.4, 0.5) is 4.79 Å². The molecule has 0 bridgehead atoms. The number of rotatable bonds is 7. The van der Waals surface area contributed by atoms with Crippen LogP contribution in [0.3, 0.4) is 0 Å². The Morgan fingerprint density at radius 2 is 1.77 bits per heavy atom. The summed E-state index contributed by atoms with van der Waals surface area (Å²) in [7, 11) is 0. The van der Waals surface area contributed by atoms with E-state index in [1.165, 1.54) is 16.7 Å². The van der Waals surface area contributed by atoms with Crippen molar-refractivity contribution in [2.45, 2.75) is 31.1 Å². The maximum atomic E-state index is 12.4. The number of imidazole rings is 1. The number of benzene rings is 2. The quantitative estimate of drug-likeness (QED) is 0.416. The number of hydrogen-bond acceptors (Lipinski definition) is 4. The molecule has 2 heterocycles. The maximum Gasteiger partial charge on any atom is 0.325 e. The van der Waals surface area contributed by atoms with Crippen molar-refractivity contribution in [3.8, 4) is 11.3 Å². The average Bonchev–Trinajstić information content (AvgIpc) is 3.22. The van der Waals surface area contributed by atoms with Gasteiger partial charge in [0.2, 0.25) is 0 Å². The number of hydrogen-bond donors (Lipinski definition) is 1. The van der Waals surface area contributed by atoms with Crippen LogP contribution in [-0.4, -0.2) is 44.2 Å². The minimum atomic E-state index is -0.852. The van der Waals surface area contributed by atoms with Gasteiger partial charge in [-0.1, -0.05) is 65.8 Å². The molecule has 0 spiro atoms. The van der Waals surface area contributed by atoms with Crippen LogP contribution in [0.25, 0.3) is 11.3 Å². The summed E-state index contributed by atoms with van der Waals surface area (Å²) in [4.78, 5) is 30.4. The Morgan fingerprint density at radius 3 is 2.42 bits per heavy atom. The predicted octanol–water partition coefficient (Wildman–Crippen LogP) is 4.67. The molecule has 160 valence electrons. The maximum absolute atomic E-state index is 12.4. The second-order valence-electron chi connectivity index (χ2n) is 7.87. The average molecular weight is 455 g/mol. The number of aromatic nitrogens is 2. The number of nitrogens with one attached hydrogen (secondary N) is 1. The monoisotopic (exact) mass is 454 g/mol. The first-order chi connectivity index (χ1) is 14.8. The van der Waals surface area contributed by atoms with E-state index >= 15 is 0 Å². The fraction of sp³-hybridized carbons (Fsp3) is 0.261. The zero-order valence-corrected chi connectivity index (χ0v) is 18.9. The van der Waals surface area contributed by atoms with Crippen LogP contribution in [-0.2, 0) is 11.3 Å². The lowest BCUT2D eigenvalue weighted by Crippen LogP contribution is -2.40. The van der Waals surface area contributed by atoms with Crippen LogP contribution < -0.4 is 5.32 Å². The lowest BCUT2D eigenvalue weighted by molar-refractivity contribution is -0.130. The van der Waals surface area contributed by atoms with Crippen LogP contribution >= 0.6 is 23.4 Å². The number of carbonyl (C=O) groups excluding carboxylic acids is 2. The Labute approximate surface area is 190 Å². The molecule has 0 aliphatic carbocycles. The van der Waals surface area contributed by atoms with Gasteiger partial charge in [0, 0.05) is 17.3 Å². The molecule has 1 aromatic heterocycles. The van der Waals surface area contributed by atoms with Crippen molar-refractivity contribution in [3.63, 3.8) is 0 Å². The minimum absolute atomic E-state index is 0.201. The van der Waals surface area contributed by atoms with E-state index in [1.54, 1.807) is 13.8 Å². The summed E-state index contributed by atoms with van der Waals surface area (Å²) >= 11 is 7.58. The largest absolute Gasteiger partial charge is 0.325 e. The minimum Gasteiger partial charge on any atom is -0.324 e. The van der Waals surface area contributed by atoms with Gasteiger partial charge < -0.3 is 9.88 Å². The van der Waals surface area contributed by atoms with E-state index in [4.69, 9.17) is 11.6 Å². The number of imide groups is 1. The molecule has 4 rings (SSSR count). The number of thioether (sulfide) groups is 1. The van der Waals surface area contributed by atoms with Crippen LogP contribution in [0.1, 0.15) is 19.4 Å². The summed E-state index contributed by atoms with van der Waals surface area (Å²) in [6, 6.07) is 17.5. The zero-order valence-electron chi connectivity index (χ0n) is 17.3. The van der Waals surface area contributed by atoms with Gasteiger partial charge in [-0.25, -0.2) is 9.78 Å². The Balaban J connectivity index is 1.55. The normalized spacial score (nSPS) is 15.4. The first-order valence-corrected chi connectivity index (χ1v) is 11.3. The molecule has 6 nitrogen and oxygen atoms in total. The van der Waals surface area contributed by atoms with Crippen molar-refractivity contribution >= 4 is 35.3 Å². The van der Waals surface area contributed by atoms with E-state index < -0.39 is 5.54 Å². The molecular formula is C23H23ClN4O2S. The van der Waals surface area contributed by atoms with E-state index in [-0.39, 0.29) is 11.9 Å². The van der Waals surface area contributed by atoms with Gasteiger partial charge in [0.25, 0.3) is 5.91 Å². The molecule has 0 unspecified atom stereocenters. The standard InChI is InChI=1S/C23H23ClN4O2S/c1-23(2)20(29)27(21(30)26-23)12-13-31-22-25-14-19(17-8-10-18(24)11-9-17)28(22)15-16-6-4-3-5-7-16/h3-11,14H,12-13,15H2,1-2H3,(H,26,30). The zero-order chi connectivity index (χ0) is 22.0. The first kappa shape index (κ1) is 21.5. The fourth-order valence-electron chi connectivity index (χ4n) is 3.49. The topological polar surface area (TPSA) is 67.2 Å². The Hall–Kier alpha value is -2.77. The van der Waals surface area contributed by atoms with Gasteiger partial charge in [-0.3, -0.25) is 9.69 Å². The molecule has 3 aromatic rings. The summed E-state index contributed by atoms with van der Waals surface area (Å²) < 4.78 is 2.15. The molecule has 1 fully saturated rings. The summed E-state index contributed by atoms with van der Waals surface area (Å²) in [6.45, 7) is 4.42. The molecule has 1 aliphatic heterocycles. The number of urea groups is 1. The van der Waals surface area contributed by atoms with Gasteiger partial charge in [0.1, 0.15) is 5.54 Å². The van der Waals surface area contributed by atoms with E-state index in [1.807, 2.05) is 48.7 Å². The summed E-state index contributed by atoms with van der Waals surface area (Å²) in [5, 5.41) is 4.23. The van der Waals surface area contributed by atoms with Crippen LogP contribution in [0.2, 0.25) is 5.02 Å². The highest BCUT2D eigenvalue weighted by Crippen LogP contribution is 2.28. The van der Waals surface area contributed by atoms with Crippen molar-refractivity contribution in [1.82, 2.24) is 19.8 Å². The highest BCUT2D eigenvalue weighted by Gasteiger charge is 2.43. The molecular weight excluding hydrogens is 432 g/mol. The van der Waals surface area contributed by atoms with Crippen molar-refractivity contribution < 1.29 is 9.59 Å². The molecule has 3 amide bonds. The molecule has 8 heteroatoms. The van der Waals surface area contributed by atoms with Crippen molar-refractivity contribution in [2.75, 3.05) is 12.3 Å². The molecule has 2 aromatic carbocycles. The molecule has 0 radical (unpaired) electrons.